The molecule has 0 aromatic heterocycles. The molecule has 1 fully saturated rings. The van der Waals surface area contributed by atoms with Crippen LogP contribution in [0, 0.1) is 0 Å². The van der Waals surface area contributed by atoms with Gasteiger partial charge in [0.25, 0.3) is 10.2 Å². The minimum Gasteiger partial charge on any atom is -0.368 e. The molecule has 148 valence electrons. The van der Waals surface area contributed by atoms with Crippen molar-refractivity contribution < 1.29 is 25.6 Å². The Labute approximate surface area is 153 Å². The van der Waals surface area contributed by atoms with Crippen molar-refractivity contribution in [3.8, 4) is 0 Å². The molecule has 0 atom stereocenters. The maximum absolute atomic E-state index is 12.9. The third-order valence-electron chi connectivity index (χ3n) is 4.34. The number of rotatable bonds is 7. The molecule has 1 aromatic rings. The Morgan fingerprint density at radius 3 is 2.04 bits per heavy atom. The summed E-state index contributed by atoms with van der Waals surface area (Å²) >= 11 is 0. The van der Waals surface area contributed by atoms with Gasteiger partial charge < -0.3 is 4.90 Å². The van der Waals surface area contributed by atoms with Gasteiger partial charge in [0.2, 0.25) is 9.84 Å². The monoisotopic (exact) mass is 411 g/mol. The molecule has 7 nitrogen and oxygen atoms in total. The van der Waals surface area contributed by atoms with Crippen LogP contribution < -0.4 is 4.90 Å². The van der Waals surface area contributed by atoms with Crippen LogP contribution in [0.1, 0.15) is 13.8 Å². The Kier molecular flexibility index (Phi) is 6.59. The van der Waals surface area contributed by atoms with Crippen LogP contribution in [-0.2, 0) is 20.0 Å². The Morgan fingerprint density at radius 2 is 1.54 bits per heavy atom. The number of piperazine rings is 1. The number of anilines is 1. The fraction of sp³-hybridized carbons (Fsp3) is 0.600. The summed E-state index contributed by atoms with van der Waals surface area (Å²) in [4.78, 5) is 1.19. The molecule has 26 heavy (non-hydrogen) atoms. The van der Waals surface area contributed by atoms with Gasteiger partial charge in [-0.3, -0.25) is 0 Å². The number of hydrogen-bond donors (Lipinski definition) is 0. The van der Waals surface area contributed by atoms with Gasteiger partial charge in [-0.1, -0.05) is 26.0 Å². The molecular weight excluding hydrogens is 388 g/mol. The van der Waals surface area contributed by atoms with Crippen LogP contribution >= 0.6 is 0 Å². The third kappa shape index (κ3) is 4.00. The summed E-state index contributed by atoms with van der Waals surface area (Å²) in [5.41, 5.74) is 0.174. The number of hydrogen-bond acceptors (Lipinski definition) is 5. The van der Waals surface area contributed by atoms with E-state index >= 15 is 0 Å². The molecule has 2 rings (SSSR count). The van der Waals surface area contributed by atoms with E-state index in [0.717, 1.165) is 6.07 Å². The van der Waals surface area contributed by atoms with Crippen molar-refractivity contribution in [3.63, 3.8) is 0 Å². The molecular formula is C15H23F2N3O4S2. The Bertz CT molecular complexity index is 819. The predicted octanol–water partition coefficient (Wildman–Crippen LogP) is 1.39. The van der Waals surface area contributed by atoms with Gasteiger partial charge >= 0.3 is 5.76 Å². The van der Waals surface area contributed by atoms with Crippen molar-refractivity contribution in [2.24, 2.45) is 0 Å². The van der Waals surface area contributed by atoms with Crippen molar-refractivity contribution in [1.29, 1.82) is 0 Å². The zero-order valence-electron chi connectivity index (χ0n) is 14.7. The highest BCUT2D eigenvalue weighted by Gasteiger charge is 2.34. The first-order valence-electron chi connectivity index (χ1n) is 8.27. The molecule has 0 radical (unpaired) electrons. The van der Waals surface area contributed by atoms with E-state index < -0.39 is 30.7 Å². The molecule has 1 aliphatic heterocycles. The Hall–Kier alpha value is -1.30. The van der Waals surface area contributed by atoms with Crippen LogP contribution in [0.2, 0.25) is 0 Å². The Balaban J connectivity index is 2.22. The average Bonchev–Trinajstić information content (AvgIpc) is 2.62. The number of benzene rings is 1. The maximum Gasteiger partial charge on any atom is 0.341 e. The summed E-state index contributed by atoms with van der Waals surface area (Å²) in [6, 6.07) is 5.57. The number of halogens is 2. The van der Waals surface area contributed by atoms with Gasteiger partial charge in [-0.25, -0.2) is 8.42 Å². The lowest BCUT2D eigenvalue weighted by molar-refractivity contribution is 0.234. The second kappa shape index (κ2) is 8.15. The lowest BCUT2D eigenvalue weighted by Crippen LogP contribution is -2.53. The topological polar surface area (TPSA) is 78.0 Å². The first kappa shape index (κ1) is 21.0. The molecule has 0 bridgehead atoms. The highest BCUT2D eigenvalue weighted by molar-refractivity contribution is 7.91. The van der Waals surface area contributed by atoms with Crippen molar-refractivity contribution in [1.82, 2.24) is 8.61 Å². The number of nitrogens with zero attached hydrogens (tertiary/aromatic N) is 3. The zero-order valence-corrected chi connectivity index (χ0v) is 16.3. The average molecular weight is 411 g/mol. The van der Waals surface area contributed by atoms with Gasteiger partial charge in [-0.15, -0.1) is 0 Å². The van der Waals surface area contributed by atoms with E-state index in [1.54, 1.807) is 24.8 Å². The predicted molar refractivity (Wildman–Crippen MR) is 95.3 cm³/mol. The number of para-hydroxylation sites is 1. The summed E-state index contributed by atoms with van der Waals surface area (Å²) in [7, 11) is -8.32. The second-order valence-corrected chi connectivity index (χ2v) is 9.57. The van der Waals surface area contributed by atoms with Gasteiger partial charge in [0, 0.05) is 39.3 Å². The lowest BCUT2D eigenvalue weighted by atomic mass is 10.2. The molecule has 1 saturated heterocycles. The molecule has 0 unspecified atom stereocenters. The molecule has 0 N–H and O–H groups in total. The minimum absolute atomic E-state index is 0.155. The molecule has 0 aliphatic carbocycles. The van der Waals surface area contributed by atoms with Crippen molar-refractivity contribution in [2.75, 3.05) is 44.2 Å². The van der Waals surface area contributed by atoms with Gasteiger partial charge in [-0.2, -0.15) is 25.8 Å². The Morgan fingerprint density at radius 1 is 1.00 bits per heavy atom. The van der Waals surface area contributed by atoms with Crippen LogP contribution in [-0.4, -0.2) is 70.5 Å². The van der Waals surface area contributed by atoms with Gasteiger partial charge in [-0.05, 0) is 12.1 Å². The normalized spacial score (nSPS) is 17.2. The van der Waals surface area contributed by atoms with Crippen molar-refractivity contribution in [3.05, 3.63) is 24.3 Å². The number of sulfone groups is 1. The van der Waals surface area contributed by atoms with Crippen LogP contribution in [0.3, 0.4) is 0 Å². The minimum atomic E-state index is -4.74. The smallest absolute Gasteiger partial charge is 0.341 e. The highest BCUT2D eigenvalue weighted by Crippen LogP contribution is 2.30. The van der Waals surface area contributed by atoms with Gasteiger partial charge in [0.05, 0.1) is 10.6 Å². The molecule has 11 heteroatoms. The lowest BCUT2D eigenvalue weighted by Gasteiger charge is -2.37. The second-order valence-electron chi connectivity index (χ2n) is 5.75. The summed E-state index contributed by atoms with van der Waals surface area (Å²) in [5, 5.41) is 0. The molecule has 1 aliphatic rings. The van der Waals surface area contributed by atoms with E-state index in [-0.39, 0.29) is 31.9 Å². The zero-order chi connectivity index (χ0) is 19.5. The van der Waals surface area contributed by atoms with E-state index in [0.29, 0.717) is 13.1 Å². The fourth-order valence-electron chi connectivity index (χ4n) is 2.93. The van der Waals surface area contributed by atoms with Crippen molar-refractivity contribution in [2.45, 2.75) is 24.5 Å². The first-order chi connectivity index (χ1) is 12.2. The largest absolute Gasteiger partial charge is 0.368 e. The van der Waals surface area contributed by atoms with E-state index in [1.807, 2.05) is 0 Å². The molecule has 1 heterocycles. The standard InChI is InChI=1S/C15H23F2N3O4S2/c1-3-19(4-2)26(23,24)20-11-9-18(10-12-20)13-7-5-6-8-14(13)25(21,22)15(16)17/h5-8,15H,3-4,9-12H2,1-2H3. The summed E-state index contributed by atoms with van der Waals surface area (Å²) in [6.45, 7) is 4.96. The summed E-state index contributed by atoms with van der Waals surface area (Å²) < 4.78 is 77.4. The van der Waals surface area contributed by atoms with Gasteiger partial charge in [0.15, 0.2) is 0 Å². The molecule has 0 saturated carbocycles. The summed E-state index contributed by atoms with van der Waals surface area (Å²) in [6.07, 6.45) is 0. The van der Waals surface area contributed by atoms with Crippen molar-refractivity contribution >= 4 is 25.7 Å². The molecule has 0 amide bonds. The van der Waals surface area contributed by atoms with Crippen LogP contribution in [0.15, 0.2) is 29.2 Å². The molecule has 1 aromatic carbocycles. The number of alkyl halides is 2. The van der Waals surface area contributed by atoms with Crippen LogP contribution in [0.5, 0.6) is 0 Å². The van der Waals surface area contributed by atoms with E-state index in [9.17, 15) is 25.6 Å². The van der Waals surface area contributed by atoms with E-state index in [4.69, 9.17) is 0 Å². The highest BCUT2D eigenvalue weighted by atomic mass is 32.2. The summed E-state index contributed by atoms with van der Waals surface area (Å²) in [5.74, 6) is -3.51. The van der Waals surface area contributed by atoms with E-state index in [1.165, 1.54) is 20.7 Å². The third-order valence-corrected chi connectivity index (χ3v) is 7.96. The van der Waals surface area contributed by atoms with Crippen LogP contribution in [0.4, 0.5) is 14.5 Å². The van der Waals surface area contributed by atoms with E-state index in [2.05, 4.69) is 0 Å². The maximum atomic E-state index is 12.9. The first-order valence-corrected chi connectivity index (χ1v) is 11.2. The quantitative estimate of drug-likeness (QED) is 0.678. The van der Waals surface area contributed by atoms with Gasteiger partial charge in [0.1, 0.15) is 0 Å². The SMILES string of the molecule is CCN(CC)S(=O)(=O)N1CCN(c2ccccc2S(=O)(=O)C(F)F)CC1. The van der Waals surface area contributed by atoms with Crippen LogP contribution in [0.25, 0.3) is 0 Å². The molecule has 0 spiro atoms. The fourth-order valence-corrected chi connectivity index (χ4v) is 5.48.